The van der Waals surface area contributed by atoms with Crippen molar-refractivity contribution in [2.45, 2.75) is 40.0 Å². The van der Waals surface area contributed by atoms with Gasteiger partial charge < -0.3 is 9.26 Å². The van der Waals surface area contributed by atoms with E-state index in [9.17, 15) is 9.59 Å². The Morgan fingerprint density at radius 3 is 2.64 bits per heavy atom. The molecular weight excluding hydrogens is 286 g/mol. The smallest absolute Gasteiger partial charge is 0.277 e. The first-order valence-corrected chi connectivity index (χ1v) is 7.69. The number of carbonyl (C=O) groups excluding carboxylic acids is 2. The Kier molecular flexibility index (Phi) is 5.54. The van der Waals surface area contributed by atoms with Gasteiger partial charge in [0.25, 0.3) is 11.8 Å². The lowest BCUT2D eigenvalue weighted by molar-refractivity contribution is -0.145. The molecule has 2 amide bonds. The van der Waals surface area contributed by atoms with Crippen LogP contribution < -0.4 is 0 Å². The van der Waals surface area contributed by atoms with E-state index >= 15 is 0 Å². The zero-order chi connectivity index (χ0) is 16.1. The summed E-state index contributed by atoms with van der Waals surface area (Å²) in [4.78, 5) is 24.9. The molecule has 1 fully saturated rings. The van der Waals surface area contributed by atoms with Crippen LogP contribution in [0.5, 0.6) is 0 Å². The molecule has 1 aromatic heterocycles. The summed E-state index contributed by atoms with van der Waals surface area (Å²) in [5, 5.41) is 6.74. The molecule has 0 bridgehead atoms. The molecule has 1 saturated heterocycles. The molecule has 1 aromatic rings. The van der Waals surface area contributed by atoms with E-state index < -0.39 is 0 Å². The summed E-state index contributed by atoms with van der Waals surface area (Å²) in [6.07, 6.45) is 2.71. The van der Waals surface area contributed by atoms with Gasteiger partial charge in [0.05, 0.1) is 5.69 Å². The number of hydrogen-bond acceptors (Lipinski definition) is 5. The Morgan fingerprint density at radius 1 is 1.27 bits per heavy atom. The van der Waals surface area contributed by atoms with Crippen molar-refractivity contribution in [2.75, 3.05) is 26.3 Å². The average Bonchev–Trinajstić information content (AvgIpc) is 3.10. The molecular formula is C15H23N3O4. The third kappa shape index (κ3) is 3.47. The molecule has 0 unspecified atom stereocenters. The second kappa shape index (κ2) is 7.40. The Labute approximate surface area is 130 Å². The second-order valence-electron chi connectivity index (χ2n) is 5.40. The minimum atomic E-state index is -0.240. The van der Waals surface area contributed by atoms with Crippen LogP contribution in [0.2, 0.25) is 0 Å². The van der Waals surface area contributed by atoms with Gasteiger partial charge >= 0.3 is 0 Å². The molecule has 0 aliphatic carbocycles. The van der Waals surface area contributed by atoms with Crippen LogP contribution in [0.25, 0.3) is 0 Å². The van der Waals surface area contributed by atoms with Crippen LogP contribution in [0.4, 0.5) is 0 Å². The number of hydrazine groups is 1. The molecule has 7 heteroatoms. The van der Waals surface area contributed by atoms with Crippen molar-refractivity contribution in [2.24, 2.45) is 0 Å². The summed E-state index contributed by atoms with van der Waals surface area (Å²) in [7, 11) is 0. The van der Waals surface area contributed by atoms with E-state index in [1.165, 1.54) is 10.0 Å². The zero-order valence-corrected chi connectivity index (χ0v) is 13.4. The number of hydrogen-bond donors (Lipinski definition) is 0. The van der Waals surface area contributed by atoms with E-state index in [0.717, 1.165) is 19.3 Å². The molecule has 2 rings (SSSR count). The van der Waals surface area contributed by atoms with E-state index in [4.69, 9.17) is 9.26 Å². The van der Waals surface area contributed by atoms with Crippen LogP contribution in [0.3, 0.4) is 0 Å². The van der Waals surface area contributed by atoms with Crippen LogP contribution in [-0.2, 0) is 9.53 Å². The third-order valence-electron chi connectivity index (χ3n) is 3.67. The van der Waals surface area contributed by atoms with Gasteiger partial charge in [-0.2, -0.15) is 0 Å². The quantitative estimate of drug-likeness (QED) is 0.748. The van der Waals surface area contributed by atoms with Gasteiger partial charge in [0.1, 0.15) is 17.9 Å². The maximum absolute atomic E-state index is 12.6. The summed E-state index contributed by atoms with van der Waals surface area (Å²) in [5.74, 6) is 0.0466. The number of unbranched alkanes of at least 4 members (excludes halogenated alkanes) is 1. The number of nitrogens with zero attached hydrogens (tertiary/aromatic N) is 3. The van der Waals surface area contributed by atoms with Crippen molar-refractivity contribution >= 4 is 11.8 Å². The number of carbonyl (C=O) groups is 2. The van der Waals surface area contributed by atoms with Gasteiger partial charge in [0, 0.05) is 19.7 Å². The number of aryl methyl sites for hydroxylation is 2. The fraction of sp³-hybridized carbons (Fsp3) is 0.667. The average molecular weight is 309 g/mol. The topological polar surface area (TPSA) is 75.9 Å². The minimum absolute atomic E-state index is 0.00534. The van der Waals surface area contributed by atoms with Crippen molar-refractivity contribution in [3.63, 3.8) is 0 Å². The summed E-state index contributed by atoms with van der Waals surface area (Å²) < 4.78 is 10.4. The van der Waals surface area contributed by atoms with Gasteiger partial charge in [-0.15, -0.1) is 0 Å². The molecule has 1 aliphatic rings. The van der Waals surface area contributed by atoms with Crippen molar-refractivity contribution in [3.8, 4) is 0 Å². The predicted octanol–water partition coefficient (Wildman–Crippen LogP) is 1.70. The molecule has 7 nitrogen and oxygen atoms in total. The Hall–Kier alpha value is -1.89. The highest BCUT2D eigenvalue weighted by Gasteiger charge is 2.33. The van der Waals surface area contributed by atoms with Crippen molar-refractivity contribution in [3.05, 3.63) is 17.0 Å². The standard InChI is InChI=1S/C15H23N3O4/c1-4-5-9-21-10-13(19)17-7-6-8-18(17)15(20)14-11(2)16-22-12(14)3/h4-10H2,1-3H3. The Bertz CT molecular complexity index is 521. The third-order valence-corrected chi connectivity index (χ3v) is 3.67. The molecule has 22 heavy (non-hydrogen) atoms. The van der Waals surface area contributed by atoms with Crippen molar-refractivity contribution < 1.29 is 18.8 Å². The molecule has 0 saturated carbocycles. The molecule has 0 aromatic carbocycles. The van der Waals surface area contributed by atoms with Gasteiger partial charge in [-0.3, -0.25) is 9.59 Å². The lowest BCUT2D eigenvalue weighted by atomic mass is 10.2. The van der Waals surface area contributed by atoms with Gasteiger partial charge in [-0.1, -0.05) is 18.5 Å². The predicted molar refractivity (Wildman–Crippen MR) is 79.1 cm³/mol. The summed E-state index contributed by atoms with van der Waals surface area (Å²) in [5.41, 5.74) is 0.979. The Morgan fingerprint density at radius 2 is 2.00 bits per heavy atom. The van der Waals surface area contributed by atoms with E-state index in [2.05, 4.69) is 12.1 Å². The molecule has 0 radical (unpaired) electrons. The zero-order valence-electron chi connectivity index (χ0n) is 13.4. The summed E-state index contributed by atoms with van der Waals surface area (Å²) >= 11 is 0. The normalized spacial score (nSPS) is 14.7. The van der Waals surface area contributed by atoms with Crippen molar-refractivity contribution in [1.29, 1.82) is 0 Å². The van der Waals surface area contributed by atoms with Gasteiger partial charge in [-0.25, -0.2) is 10.0 Å². The van der Waals surface area contributed by atoms with Crippen molar-refractivity contribution in [1.82, 2.24) is 15.2 Å². The molecule has 2 heterocycles. The highest BCUT2D eigenvalue weighted by Crippen LogP contribution is 2.20. The van der Waals surface area contributed by atoms with E-state index in [1.807, 2.05) is 0 Å². The lowest BCUT2D eigenvalue weighted by Gasteiger charge is -2.27. The van der Waals surface area contributed by atoms with Crippen LogP contribution in [0, 0.1) is 13.8 Å². The number of amides is 2. The van der Waals surface area contributed by atoms with Gasteiger partial charge in [0.2, 0.25) is 0 Å². The molecule has 0 spiro atoms. The van der Waals surface area contributed by atoms with Crippen LogP contribution in [-0.4, -0.2) is 53.3 Å². The number of ether oxygens (including phenoxy) is 1. The van der Waals surface area contributed by atoms with Crippen LogP contribution >= 0.6 is 0 Å². The van der Waals surface area contributed by atoms with Crippen LogP contribution in [0.15, 0.2) is 4.52 Å². The first-order valence-electron chi connectivity index (χ1n) is 7.69. The first-order chi connectivity index (χ1) is 10.6. The molecule has 0 N–H and O–H groups in total. The number of aromatic nitrogens is 1. The Balaban J connectivity index is 2.01. The maximum atomic E-state index is 12.6. The fourth-order valence-corrected chi connectivity index (χ4v) is 2.48. The van der Waals surface area contributed by atoms with E-state index in [1.54, 1.807) is 13.8 Å². The molecule has 1 aliphatic heterocycles. The highest BCUT2D eigenvalue weighted by molar-refractivity contribution is 5.97. The number of rotatable bonds is 6. The molecule has 122 valence electrons. The van der Waals surface area contributed by atoms with Crippen LogP contribution in [0.1, 0.15) is 48.0 Å². The minimum Gasteiger partial charge on any atom is -0.372 e. The SMILES string of the molecule is CCCCOCC(=O)N1CCCN1C(=O)c1c(C)noc1C. The monoisotopic (exact) mass is 309 g/mol. The van der Waals surface area contributed by atoms with E-state index in [0.29, 0.717) is 36.7 Å². The summed E-state index contributed by atoms with van der Waals surface area (Å²) in [6, 6.07) is 0. The second-order valence-corrected chi connectivity index (χ2v) is 5.40. The highest BCUT2D eigenvalue weighted by atomic mass is 16.5. The largest absolute Gasteiger partial charge is 0.372 e. The van der Waals surface area contributed by atoms with Gasteiger partial charge in [-0.05, 0) is 26.7 Å². The summed E-state index contributed by atoms with van der Waals surface area (Å²) in [6.45, 7) is 7.10. The maximum Gasteiger partial charge on any atom is 0.277 e. The molecule has 0 atom stereocenters. The van der Waals surface area contributed by atoms with E-state index in [-0.39, 0.29) is 18.4 Å². The lowest BCUT2D eigenvalue weighted by Crippen LogP contribution is -2.46. The first kappa shape index (κ1) is 16.5. The fourth-order valence-electron chi connectivity index (χ4n) is 2.48. The van der Waals surface area contributed by atoms with Gasteiger partial charge in [0.15, 0.2) is 0 Å².